The van der Waals surface area contributed by atoms with Gasteiger partial charge in [0.2, 0.25) is 0 Å². The maximum atomic E-state index is 11.5. The third-order valence-corrected chi connectivity index (χ3v) is 2.34. The van der Waals surface area contributed by atoms with E-state index in [1.807, 2.05) is 6.92 Å². The molecule has 2 rings (SSSR count). The van der Waals surface area contributed by atoms with E-state index in [4.69, 9.17) is 5.73 Å². The Balaban J connectivity index is 3.03. The van der Waals surface area contributed by atoms with Crippen LogP contribution < -0.4 is 17.0 Å². The molecule has 3 N–H and O–H groups in total. The van der Waals surface area contributed by atoms with Gasteiger partial charge in [0.1, 0.15) is 0 Å². The van der Waals surface area contributed by atoms with Crippen LogP contribution in [0.2, 0.25) is 0 Å². The van der Waals surface area contributed by atoms with E-state index in [0.717, 1.165) is 0 Å². The molecule has 0 saturated heterocycles. The topological polar surface area (TPSA) is 80.9 Å². The number of hydrogen-bond donors (Lipinski definition) is 2. The number of aromatic nitrogens is 2. The molecule has 2 aromatic rings. The summed E-state index contributed by atoms with van der Waals surface area (Å²) in [6.45, 7) is 2.35. The van der Waals surface area contributed by atoms with E-state index in [9.17, 15) is 9.59 Å². The lowest BCUT2D eigenvalue weighted by atomic mass is 10.2. The van der Waals surface area contributed by atoms with Gasteiger partial charge in [-0.2, -0.15) is 0 Å². The fraction of sp³-hybridized carbons (Fsp3) is 0.200. The Kier molecular flexibility index (Phi) is 2.07. The average Bonchev–Trinajstić information content (AvgIpc) is 2.19. The number of rotatable bonds is 1. The Hall–Kier alpha value is -2.04. The van der Waals surface area contributed by atoms with Gasteiger partial charge in [-0.25, -0.2) is 4.79 Å². The van der Waals surface area contributed by atoms with Crippen LogP contribution in [-0.4, -0.2) is 9.55 Å². The number of aryl methyl sites for hydroxylation is 1. The van der Waals surface area contributed by atoms with Crippen LogP contribution >= 0.6 is 0 Å². The third-order valence-electron chi connectivity index (χ3n) is 2.34. The summed E-state index contributed by atoms with van der Waals surface area (Å²) >= 11 is 0. The molecular weight excluding hydrogens is 194 g/mol. The predicted octanol–water partition coefficient (Wildman–Crippen LogP) is 0.292. The van der Waals surface area contributed by atoms with Crippen molar-refractivity contribution in [1.82, 2.24) is 9.55 Å². The van der Waals surface area contributed by atoms with Gasteiger partial charge in [-0.1, -0.05) is 0 Å². The molecule has 0 saturated carbocycles. The van der Waals surface area contributed by atoms with Crippen molar-refractivity contribution < 1.29 is 0 Å². The van der Waals surface area contributed by atoms with E-state index in [-0.39, 0.29) is 5.69 Å². The van der Waals surface area contributed by atoms with E-state index in [0.29, 0.717) is 23.1 Å². The molecule has 0 amide bonds. The van der Waals surface area contributed by atoms with Gasteiger partial charge >= 0.3 is 5.69 Å². The number of anilines is 1. The minimum Gasteiger partial charge on any atom is -0.399 e. The number of aromatic amines is 1. The molecule has 0 fully saturated rings. The van der Waals surface area contributed by atoms with Crippen LogP contribution in [0.25, 0.3) is 10.9 Å². The van der Waals surface area contributed by atoms with Gasteiger partial charge in [-0.3, -0.25) is 14.3 Å². The molecule has 0 aliphatic heterocycles. The number of nitrogen functional groups attached to an aromatic ring is 1. The van der Waals surface area contributed by atoms with Crippen LogP contribution in [0.4, 0.5) is 5.69 Å². The van der Waals surface area contributed by atoms with Crippen LogP contribution in [0.1, 0.15) is 6.92 Å². The SMILES string of the molecule is CCn1c(=O)[nH]c(=O)c2cc(N)ccc21. The molecule has 0 spiro atoms. The second kappa shape index (κ2) is 3.27. The molecule has 0 atom stereocenters. The van der Waals surface area contributed by atoms with Gasteiger partial charge in [0.15, 0.2) is 0 Å². The van der Waals surface area contributed by atoms with Crippen molar-refractivity contribution in [2.75, 3.05) is 5.73 Å². The second-order valence-electron chi connectivity index (χ2n) is 3.28. The maximum absolute atomic E-state index is 11.5. The molecule has 0 radical (unpaired) electrons. The Morgan fingerprint density at radius 2 is 2.13 bits per heavy atom. The summed E-state index contributed by atoms with van der Waals surface area (Å²) in [5, 5.41) is 0.441. The molecule has 1 aromatic carbocycles. The Bertz CT molecular complexity index is 625. The first-order valence-corrected chi connectivity index (χ1v) is 4.66. The lowest BCUT2D eigenvalue weighted by Crippen LogP contribution is -2.29. The van der Waals surface area contributed by atoms with Gasteiger partial charge in [-0.15, -0.1) is 0 Å². The summed E-state index contributed by atoms with van der Waals surface area (Å²) in [5.41, 5.74) is 5.92. The highest BCUT2D eigenvalue weighted by atomic mass is 16.2. The van der Waals surface area contributed by atoms with E-state index in [2.05, 4.69) is 4.98 Å². The second-order valence-corrected chi connectivity index (χ2v) is 3.28. The molecule has 0 aliphatic carbocycles. The van der Waals surface area contributed by atoms with Crippen molar-refractivity contribution >= 4 is 16.6 Å². The van der Waals surface area contributed by atoms with Crippen LogP contribution in [0, 0.1) is 0 Å². The van der Waals surface area contributed by atoms with Crippen molar-refractivity contribution in [1.29, 1.82) is 0 Å². The summed E-state index contributed by atoms with van der Waals surface area (Å²) in [4.78, 5) is 25.2. The fourth-order valence-corrected chi connectivity index (χ4v) is 1.63. The first-order chi connectivity index (χ1) is 7.13. The zero-order chi connectivity index (χ0) is 11.0. The van der Waals surface area contributed by atoms with E-state index >= 15 is 0 Å². The number of nitrogens with zero attached hydrogens (tertiary/aromatic N) is 1. The number of nitrogens with one attached hydrogen (secondary N) is 1. The standard InChI is InChI=1S/C10H11N3O2/c1-2-13-8-4-3-6(11)5-7(8)9(14)12-10(13)15/h3-5H,2,11H2,1H3,(H,12,14,15). The first-order valence-electron chi connectivity index (χ1n) is 4.66. The van der Waals surface area contributed by atoms with Gasteiger partial charge in [0.05, 0.1) is 10.9 Å². The van der Waals surface area contributed by atoms with Gasteiger partial charge < -0.3 is 5.73 Å². The smallest absolute Gasteiger partial charge is 0.328 e. The summed E-state index contributed by atoms with van der Waals surface area (Å²) in [6.07, 6.45) is 0. The van der Waals surface area contributed by atoms with Crippen LogP contribution in [0.15, 0.2) is 27.8 Å². The normalized spacial score (nSPS) is 10.7. The van der Waals surface area contributed by atoms with Gasteiger partial charge in [0.25, 0.3) is 5.56 Å². The van der Waals surface area contributed by atoms with Crippen LogP contribution in [-0.2, 0) is 6.54 Å². The number of hydrogen-bond acceptors (Lipinski definition) is 3. The van der Waals surface area contributed by atoms with E-state index < -0.39 is 5.56 Å². The van der Waals surface area contributed by atoms with Crippen molar-refractivity contribution in [2.24, 2.45) is 0 Å². The summed E-state index contributed by atoms with van der Waals surface area (Å²) in [5.74, 6) is 0. The molecule has 0 unspecified atom stereocenters. The third kappa shape index (κ3) is 1.41. The van der Waals surface area contributed by atoms with Crippen LogP contribution in [0.3, 0.4) is 0 Å². The molecule has 1 aromatic heterocycles. The van der Waals surface area contributed by atoms with Crippen LogP contribution in [0.5, 0.6) is 0 Å². The predicted molar refractivity (Wildman–Crippen MR) is 58.9 cm³/mol. The Labute approximate surface area is 85.2 Å². The number of nitrogens with two attached hydrogens (primary N) is 1. The van der Waals surface area contributed by atoms with Crippen molar-refractivity contribution in [2.45, 2.75) is 13.5 Å². The lowest BCUT2D eigenvalue weighted by Gasteiger charge is -2.06. The minimum atomic E-state index is -0.396. The Morgan fingerprint density at radius 3 is 2.80 bits per heavy atom. The van der Waals surface area contributed by atoms with Gasteiger partial charge in [-0.05, 0) is 25.1 Å². The molecule has 1 heterocycles. The molecule has 5 nitrogen and oxygen atoms in total. The molecule has 15 heavy (non-hydrogen) atoms. The van der Waals surface area contributed by atoms with Crippen molar-refractivity contribution in [3.8, 4) is 0 Å². The highest BCUT2D eigenvalue weighted by molar-refractivity contribution is 5.81. The van der Waals surface area contributed by atoms with Crippen molar-refractivity contribution in [3.05, 3.63) is 39.0 Å². The highest BCUT2D eigenvalue weighted by Crippen LogP contribution is 2.11. The summed E-state index contributed by atoms with van der Waals surface area (Å²) in [7, 11) is 0. The minimum absolute atomic E-state index is 0.389. The number of H-pyrrole nitrogens is 1. The zero-order valence-electron chi connectivity index (χ0n) is 8.28. The maximum Gasteiger partial charge on any atom is 0.328 e. The van der Waals surface area contributed by atoms with E-state index in [1.54, 1.807) is 18.2 Å². The van der Waals surface area contributed by atoms with E-state index in [1.165, 1.54) is 4.57 Å². The molecule has 5 heteroatoms. The highest BCUT2D eigenvalue weighted by Gasteiger charge is 2.05. The number of benzene rings is 1. The lowest BCUT2D eigenvalue weighted by molar-refractivity contribution is 0.727. The average molecular weight is 205 g/mol. The zero-order valence-corrected chi connectivity index (χ0v) is 8.28. The monoisotopic (exact) mass is 205 g/mol. The molecular formula is C10H11N3O2. The fourth-order valence-electron chi connectivity index (χ4n) is 1.63. The van der Waals surface area contributed by atoms with Crippen molar-refractivity contribution in [3.63, 3.8) is 0 Å². The Morgan fingerprint density at radius 1 is 1.40 bits per heavy atom. The molecule has 0 bridgehead atoms. The molecule has 78 valence electrons. The molecule has 0 aliphatic rings. The number of fused-ring (bicyclic) bond motifs is 1. The first kappa shape index (κ1) is 9.51. The van der Waals surface area contributed by atoms with Gasteiger partial charge in [0, 0.05) is 12.2 Å². The quantitative estimate of drug-likeness (QED) is 0.656. The summed E-state index contributed by atoms with van der Waals surface area (Å²) < 4.78 is 1.50. The summed E-state index contributed by atoms with van der Waals surface area (Å²) in [6, 6.07) is 4.93. The largest absolute Gasteiger partial charge is 0.399 e.